The van der Waals surface area contributed by atoms with Crippen LogP contribution >= 0.6 is 0 Å². The number of hydrogen-bond donors (Lipinski definition) is 6. The maximum atomic E-state index is 10.1. The molecule has 3 rings (SSSR count). The first-order valence-electron chi connectivity index (χ1n) is 8.32. The van der Waals surface area contributed by atoms with E-state index in [1.165, 1.54) is 6.07 Å². The molecule has 8 heteroatoms. The first-order valence-corrected chi connectivity index (χ1v) is 8.32. The van der Waals surface area contributed by atoms with Crippen LogP contribution < -0.4 is 0 Å². The van der Waals surface area contributed by atoms with E-state index in [2.05, 4.69) is 0 Å². The Morgan fingerprint density at radius 3 is 2.52 bits per heavy atom. The van der Waals surface area contributed by atoms with Crippen LogP contribution in [0.25, 0.3) is 0 Å². The number of rotatable bonds is 3. The van der Waals surface area contributed by atoms with Crippen molar-refractivity contribution in [2.75, 3.05) is 6.61 Å². The lowest BCUT2D eigenvalue weighted by Gasteiger charge is -2.42. The number of phenols is 2. The summed E-state index contributed by atoms with van der Waals surface area (Å²) in [7, 11) is 0. The highest BCUT2D eigenvalue weighted by atomic mass is 16.7. The van der Waals surface area contributed by atoms with Crippen molar-refractivity contribution in [1.82, 2.24) is 0 Å². The third-order valence-corrected chi connectivity index (χ3v) is 4.96. The molecule has 1 fully saturated rings. The highest BCUT2D eigenvalue weighted by Gasteiger charge is 2.45. The van der Waals surface area contributed by atoms with Crippen molar-refractivity contribution in [1.29, 1.82) is 0 Å². The summed E-state index contributed by atoms with van der Waals surface area (Å²) in [5, 5.41) is 58.7. The second kappa shape index (κ2) is 7.06. The van der Waals surface area contributed by atoms with Gasteiger partial charge in [0.05, 0.1) is 12.7 Å². The second-order valence-electron chi connectivity index (χ2n) is 6.83. The Balaban J connectivity index is 1.75. The van der Waals surface area contributed by atoms with E-state index in [-0.39, 0.29) is 23.5 Å². The molecule has 0 unspecified atom stereocenters. The van der Waals surface area contributed by atoms with Gasteiger partial charge in [-0.3, -0.25) is 0 Å². The van der Waals surface area contributed by atoms with Crippen LogP contribution in [0.2, 0.25) is 0 Å². The van der Waals surface area contributed by atoms with E-state index in [0.717, 1.165) is 11.1 Å². The number of aliphatic hydroxyl groups is 4. The van der Waals surface area contributed by atoms with Gasteiger partial charge in [-0.05, 0) is 30.4 Å². The number of hydrogen-bond acceptors (Lipinski definition) is 8. The van der Waals surface area contributed by atoms with Gasteiger partial charge in [-0.2, -0.15) is 0 Å². The van der Waals surface area contributed by atoms with Crippen molar-refractivity contribution < 1.29 is 40.1 Å². The van der Waals surface area contributed by atoms with Gasteiger partial charge in [-0.1, -0.05) is 6.92 Å². The number of ether oxygens (including phenoxy) is 2. The molecular formula is C17H24O8. The zero-order valence-electron chi connectivity index (χ0n) is 13.8. The van der Waals surface area contributed by atoms with Crippen LogP contribution in [-0.4, -0.2) is 74.1 Å². The fourth-order valence-electron chi connectivity index (χ4n) is 3.73. The quantitative estimate of drug-likeness (QED) is 0.419. The highest BCUT2D eigenvalue weighted by Crippen LogP contribution is 2.41. The summed E-state index contributed by atoms with van der Waals surface area (Å²) in [6.45, 7) is 1.40. The van der Waals surface area contributed by atoms with Gasteiger partial charge in [0.1, 0.15) is 35.9 Å². The summed E-state index contributed by atoms with van der Waals surface area (Å²) in [5.74, 6) is -0.0510. The van der Waals surface area contributed by atoms with E-state index < -0.39 is 37.3 Å². The molecule has 8 nitrogen and oxygen atoms in total. The average Bonchev–Trinajstić information content (AvgIpc) is 2.54. The standard InChI is InChI=1S/C17H24O8/c1-7-2-10(4-8-3-9(19)5-11(20)13(7)8)24-17-16(23)15(22)14(21)12(6-18)25-17/h3,5,7,10,12,14-23H,2,4,6H2,1H3/t7-,10-,12+,14+,15-,16+,17+/m0/s1. The van der Waals surface area contributed by atoms with Gasteiger partial charge in [0.2, 0.25) is 0 Å². The van der Waals surface area contributed by atoms with Gasteiger partial charge in [0.25, 0.3) is 0 Å². The van der Waals surface area contributed by atoms with Gasteiger partial charge in [0.15, 0.2) is 6.29 Å². The monoisotopic (exact) mass is 356 g/mol. The van der Waals surface area contributed by atoms with Crippen LogP contribution in [-0.2, 0) is 15.9 Å². The molecule has 1 heterocycles. The summed E-state index contributed by atoms with van der Waals surface area (Å²) in [5.41, 5.74) is 1.50. The molecule has 140 valence electrons. The van der Waals surface area contributed by atoms with Gasteiger partial charge >= 0.3 is 0 Å². The van der Waals surface area contributed by atoms with E-state index in [9.17, 15) is 30.6 Å². The molecule has 7 atom stereocenters. The molecule has 25 heavy (non-hydrogen) atoms. The Labute approximate surface area is 144 Å². The van der Waals surface area contributed by atoms with Crippen LogP contribution in [0, 0.1) is 0 Å². The zero-order valence-corrected chi connectivity index (χ0v) is 13.8. The molecule has 1 saturated heterocycles. The van der Waals surface area contributed by atoms with Crippen molar-refractivity contribution in [3.63, 3.8) is 0 Å². The van der Waals surface area contributed by atoms with Gasteiger partial charge in [0, 0.05) is 11.6 Å². The number of fused-ring (bicyclic) bond motifs is 1. The summed E-state index contributed by atoms with van der Waals surface area (Å²) < 4.78 is 11.2. The Morgan fingerprint density at radius 1 is 1.12 bits per heavy atom. The molecular weight excluding hydrogens is 332 g/mol. The van der Waals surface area contributed by atoms with Crippen LogP contribution in [0.15, 0.2) is 12.1 Å². The normalized spacial score (nSPS) is 38.4. The van der Waals surface area contributed by atoms with Crippen molar-refractivity contribution in [2.24, 2.45) is 0 Å². The third kappa shape index (κ3) is 3.46. The second-order valence-corrected chi connectivity index (χ2v) is 6.83. The Bertz CT molecular complexity index is 619. The van der Waals surface area contributed by atoms with Crippen LogP contribution in [0.5, 0.6) is 11.5 Å². The Hall–Kier alpha value is -1.42. The van der Waals surface area contributed by atoms with E-state index in [4.69, 9.17) is 9.47 Å². The van der Waals surface area contributed by atoms with Crippen molar-refractivity contribution in [2.45, 2.75) is 62.5 Å². The Morgan fingerprint density at radius 2 is 1.84 bits per heavy atom. The van der Waals surface area contributed by atoms with Crippen LogP contribution in [0.4, 0.5) is 0 Å². The average molecular weight is 356 g/mol. The maximum Gasteiger partial charge on any atom is 0.186 e. The molecule has 0 saturated carbocycles. The minimum Gasteiger partial charge on any atom is -0.508 e. The third-order valence-electron chi connectivity index (χ3n) is 4.96. The number of aromatic hydroxyl groups is 2. The molecule has 1 aliphatic heterocycles. The first-order chi connectivity index (χ1) is 11.8. The summed E-state index contributed by atoms with van der Waals surface area (Å²) in [4.78, 5) is 0. The van der Waals surface area contributed by atoms with E-state index in [0.29, 0.717) is 12.8 Å². The van der Waals surface area contributed by atoms with Gasteiger partial charge in [-0.25, -0.2) is 0 Å². The molecule has 0 amide bonds. The molecule has 1 aliphatic carbocycles. The maximum absolute atomic E-state index is 10.1. The van der Waals surface area contributed by atoms with Gasteiger partial charge in [-0.15, -0.1) is 0 Å². The SMILES string of the molecule is C[C@H]1C[C@H](O[C@@H]2O[C@H](CO)[C@@H](O)[C@H](O)[C@H]2O)Cc2cc(O)cc(O)c21. The molecule has 6 N–H and O–H groups in total. The summed E-state index contributed by atoms with van der Waals surface area (Å²) in [6, 6.07) is 2.86. The van der Waals surface area contributed by atoms with Crippen LogP contribution in [0.3, 0.4) is 0 Å². The molecule has 1 aromatic carbocycles. The lowest BCUT2D eigenvalue weighted by molar-refractivity contribution is -0.312. The molecule has 0 spiro atoms. The lowest BCUT2D eigenvalue weighted by atomic mass is 9.81. The fourth-order valence-corrected chi connectivity index (χ4v) is 3.73. The number of phenolic OH excluding ortho intramolecular Hbond substituents is 2. The predicted octanol–water partition coefficient (Wildman–Crippen LogP) is -0.667. The topological polar surface area (TPSA) is 140 Å². The minimum atomic E-state index is -1.49. The van der Waals surface area contributed by atoms with Crippen molar-refractivity contribution in [3.8, 4) is 11.5 Å². The van der Waals surface area contributed by atoms with E-state index in [1.54, 1.807) is 6.07 Å². The van der Waals surface area contributed by atoms with Gasteiger partial charge < -0.3 is 40.1 Å². The Kier molecular flexibility index (Phi) is 5.19. The first kappa shape index (κ1) is 18.4. The zero-order chi connectivity index (χ0) is 18.3. The number of aliphatic hydroxyl groups excluding tert-OH is 4. The fraction of sp³-hybridized carbons (Fsp3) is 0.647. The predicted molar refractivity (Wildman–Crippen MR) is 85.1 cm³/mol. The summed E-state index contributed by atoms with van der Waals surface area (Å²) >= 11 is 0. The molecule has 0 bridgehead atoms. The van der Waals surface area contributed by atoms with Crippen LogP contribution in [0.1, 0.15) is 30.4 Å². The minimum absolute atomic E-state index is 0.0359. The highest BCUT2D eigenvalue weighted by molar-refractivity contribution is 5.48. The molecule has 2 aliphatic rings. The molecule has 0 aromatic heterocycles. The number of benzene rings is 1. The largest absolute Gasteiger partial charge is 0.508 e. The smallest absolute Gasteiger partial charge is 0.186 e. The van der Waals surface area contributed by atoms with E-state index in [1.807, 2.05) is 6.92 Å². The lowest BCUT2D eigenvalue weighted by Crippen LogP contribution is -2.59. The van der Waals surface area contributed by atoms with E-state index >= 15 is 0 Å². The molecule has 0 radical (unpaired) electrons. The van der Waals surface area contributed by atoms with Crippen molar-refractivity contribution in [3.05, 3.63) is 23.3 Å². The summed E-state index contributed by atoms with van der Waals surface area (Å²) in [6.07, 6.45) is -6.05. The van der Waals surface area contributed by atoms with Crippen molar-refractivity contribution >= 4 is 0 Å². The molecule has 1 aromatic rings.